The van der Waals surface area contributed by atoms with Gasteiger partial charge in [0, 0.05) is 65.0 Å². The maximum Gasteiger partial charge on any atom is 0.490 e. The summed E-state index contributed by atoms with van der Waals surface area (Å²) in [7, 11) is 4.13. The summed E-state index contributed by atoms with van der Waals surface area (Å²) in [5, 5.41) is 7.12. The van der Waals surface area contributed by atoms with Gasteiger partial charge in [0.15, 0.2) is 0 Å². The molecular weight excluding hydrogens is 429 g/mol. The number of aromatic nitrogens is 1. The van der Waals surface area contributed by atoms with Gasteiger partial charge in [0.2, 0.25) is 0 Å². The Balaban J connectivity index is 0.000000360. The van der Waals surface area contributed by atoms with Gasteiger partial charge in [-0.3, -0.25) is 9.69 Å². The van der Waals surface area contributed by atoms with E-state index in [0.717, 1.165) is 64.5 Å². The van der Waals surface area contributed by atoms with E-state index < -0.39 is 12.1 Å². The molecule has 11 heteroatoms. The molecule has 4 heterocycles. The minimum atomic E-state index is -5.08. The quantitative estimate of drug-likeness (QED) is 0.735. The Morgan fingerprint density at radius 2 is 1.81 bits per heavy atom. The zero-order valence-corrected chi connectivity index (χ0v) is 18.4. The number of hydrogen-bond acceptors (Lipinski definition) is 5. The van der Waals surface area contributed by atoms with Crippen molar-refractivity contribution in [3.8, 4) is 0 Å². The third-order valence-electron chi connectivity index (χ3n) is 6.54. The second-order valence-electron chi connectivity index (χ2n) is 8.75. The molecule has 1 aromatic heterocycles. The van der Waals surface area contributed by atoms with Crippen LogP contribution in [0.15, 0.2) is 18.3 Å². The number of piperazine rings is 1. The summed E-state index contributed by atoms with van der Waals surface area (Å²) in [6, 6.07) is 3.86. The Kier molecular flexibility index (Phi) is 7.84. The summed E-state index contributed by atoms with van der Waals surface area (Å²) >= 11 is 0. The van der Waals surface area contributed by atoms with Crippen LogP contribution < -0.4 is 0 Å². The molecular formula is C21H31F3N4O4. The number of likely N-dealkylation sites (N-methyl/N-ethyl adjacent to an activating group) is 1. The second kappa shape index (κ2) is 10.2. The van der Waals surface area contributed by atoms with Crippen LogP contribution in [0.5, 0.6) is 0 Å². The Bertz CT molecular complexity index is 792. The smallest absolute Gasteiger partial charge is 0.475 e. The van der Waals surface area contributed by atoms with Gasteiger partial charge in [-0.25, -0.2) is 4.79 Å². The van der Waals surface area contributed by atoms with Crippen molar-refractivity contribution in [2.24, 2.45) is 18.9 Å². The van der Waals surface area contributed by atoms with Gasteiger partial charge in [-0.05, 0) is 31.5 Å². The molecule has 1 N–H and O–H groups in total. The Hall–Kier alpha value is -2.11. The van der Waals surface area contributed by atoms with Crippen molar-refractivity contribution < 1.29 is 32.6 Å². The molecule has 3 aliphatic heterocycles. The highest BCUT2D eigenvalue weighted by molar-refractivity contribution is 5.92. The van der Waals surface area contributed by atoms with Gasteiger partial charge < -0.3 is 24.2 Å². The number of hydrogen-bond donors (Lipinski definition) is 1. The number of alkyl halides is 3. The fraction of sp³-hybridized carbons (Fsp3) is 0.714. The van der Waals surface area contributed by atoms with Gasteiger partial charge in [0.05, 0.1) is 12.7 Å². The summed E-state index contributed by atoms with van der Waals surface area (Å²) in [5.41, 5.74) is 0.785. The SMILES string of the molecule is CN1CCN(C[C@H]2OC[C@@H]3CCN(C(=O)c4cccn4C)C[C@@H]32)CC1.O=C(O)C(F)(F)F. The molecule has 0 spiro atoms. The standard InChI is InChI=1S/C19H30N4O2.C2HF3O2/c1-20-8-10-22(11-9-20)13-18-16-12-23(7-5-15(16)14-25-18)19(24)17-4-3-6-21(17)2;3-2(4,5)1(6)7/h3-4,6,15-16,18H,5,7-14H2,1-2H3;(H,6,7)/t15-,16-,18+;/m0./s1. The Morgan fingerprint density at radius 1 is 1.16 bits per heavy atom. The van der Waals surface area contributed by atoms with Gasteiger partial charge in [-0.15, -0.1) is 0 Å². The van der Waals surface area contributed by atoms with Crippen LogP contribution in [0, 0.1) is 11.8 Å². The first-order valence-electron chi connectivity index (χ1n) is 10.8. The minimum absolute atomic E-state index is 0.163. The van der Waals surface area contributed by atoms with Crippen LogP contribution >= 0.6 is 0 Å². The average Bonchev–Trinajstić information content (AvgIpc) is 3.34. The summed E-state index contributed by atoms with van der Waals surface area (Å²) in [4.78, 5) is 28.7. The number of carboxylic acid groups (broad SMARTS) is 1. The topological polar surface area (TPSA) is 78.2 Å². The summed E-state index contributed by atoms with van der Waals surface area (Å²) in [6.45, 7) is 8.11. The van der Waals surface area contributed by atoms with Crippen LogP contribution in [0.2, 0.25) is 0 Å². The first-order valence-corrected chi connectivity index (χ1v) is 10.8. The van der Waals surface area contributed by atoms with E-state index in [2.05, 4.69) is 16.8 Å². The largest absolute Gasteiger partial charge is 0.490 e. The van der Waals surface area contributed by atoms with E-state index in [1.807, 2.05) is 34.8 Å². The molecule has 0 unspecified atom stereocenters. The number of amides is 1. The number of carbonyl (C=O) groups excluding carboxylic acids is 1. The zero-order valence-electron chi connectivity index (χ0n) is 18.4. The monoisotopic (exact) mass is 460 g/mol. The maximum atomic E-state index is 12.9. The highest BCUT2D eigenvalue weighted by Gasteiger charge is 2.43. The molecule has 0 aliphatic carbocycles. The molecule has 1 amide bonds. The predicted octanol–water partition coefficient (Wildman–Crippen LogP) is 1.38. The highest BCUT2D eigenvalue weighted by atomic mass is 19.4. The number of aryl methyl sites for hydroxylation is 1. The third kappa shape index (κ3) is 6.02. The lowest BCUT2D eigenvalue weighted by Crippen LogP contribution is -2.50. The number of fused-ring (bicyclic) bond motifs is 1. The van der Waals surface area contributed by atoms with E-state index >= 15 is 0 Å². The number of nitrogens with zero attached hydrogens (tertiary/aromatic N) is 4. The number of rotatable bonds is 3. The van der Waals surface area contributed by atoms with E-state index in [9.17, 15) is 18.0 Å². The van der Waals surface area contributed by atoms with Gasteiger partial charge in [-0.1, -0.05) is 0 Å². The molecule has 8 nitrogen and oxygen atoms in total. The Morgan fingerprint density at radius 3 is 2.38 bits per heavy atom. The van der Waals surface area contributed by atoms with E-state index in [1.165, 1.54) is 0 Å². The van der Waals surface area contributed by atoms with Crippen molar-refractivity contribution >= 4 is 11.9 Å². The lowest BCUT2D eigenvalue weighted by Gasteiger charge is -2.38. The summed E-state index contributed by atoms with van der Waals surface area (Å²) in [5.74, 6) is -1.49. The van der Waals surface area contributed by atoms with Crippen molar-refractivity contribution in [2.45, 2.75) is 18.7 Å². The van der Waals surface area contributed by atoms with Crippen molar-refractivity contribution in [1.29, 1.82) is 0 Å². The number of carbonyl (C=O) groups is 2. The number of carboxylic acids is 1. The molecule has 0 bridgehead atoms. The number of aliphatic carboxylic acids is 1. The van der Waals surface area contributed by atoms with Gasteiger partial charge in [0.1, 0.15) is 5.69 Å². The number of likely N-dealkylation sites (tertiary alicyclic amines) is 1. The first kappa shape index (κ1) is 24.5. The lowest BCUT2D eigenvalue weighted by atomic mass is 9.84. The first-order chi connectivity index (χ1) is 15.1. The molecule has 3 atom stereocenters. The van der Waals surface area contributed by atoms with E-state index in [1.54, 1.807) is 0 Å². The Labute approximate surface area is 185 Å². The number of halogens is 3. The summed E-state index contributed by atoms with van der Waals surface area (Å²) in [6.07, 6.45) is -1.80. The van der Waals surface area contributed by atoms with Crippen molar-refractivity contribution in [1.82, 2.24) is 19.3 Å². The average molecular weight is 460 g/mol. The van der Waals surface area contributed by atoms with Gasteiger partial charge >= 0.3 is 12.1 Å². The molecule has 0 saturated carbocycles. The van der Waals surface area contributed by atoms with E-state index in [-0.39, 0.29) is 12.0 Å². The molecule has 3 fully saturated rings. The third-order valence-corrected chi connectivity index (χ3v) is 6.54. The summed E-state index contributed by atoms with van der Waals surface area (Å²) < 4.78 is 39.8. The lowest BCUT2D eigenvalue weighted by molar-refractivity contribution is -0.192. The zero-order chi connectivity index (χ0) is 23.5. The number of piperidine rings is 1. The van der Waals surface area contributed by atoms with Crippen molar-refractivity contribution in [3.05, 3.63) is 24.0 Å². The normalized spacial score (nSPS) is 26.9. The minimum Gasteiger partial charge on any atom is -0.475 e. The molecule has 0 radical (unpaired) electrons. The second-order valence-corrected chi connectivity index (χ2v) is 8.75. The fourth-order valence-corrected chi connectivity index (χ4v) is 4.53. The van der Waals surface area contributed by atoms with Crippen LogP contribution in [0.1, 0.15) is 16.9 Å². The molecule has 4 rings (SSSR count). The predicted molar refractivity (Wildman–Crippen MR) is 110 cm³/mol. The van der Waals surface area contributed by atoms with Gasteiger partial charge in [0.25, 0.3) is 5.91 Å². The van der Waals surface area contributed by atoms with E-state index in [4.69, 9.17) is 14.6 Å². The van der Waals surface area contributed by atoms with Crippen LogP contribution in [0.25, 0.3) is 0 Å². The van der Waals surface area contributed by atoms with E-state index in [0.29, 0.717) is 11.8 Å². The fourth-order valence-electron chi connectivity index (χ4n) is 4.53. The highest BCUT2D eigenvalue weighted by Crippen LogP contribution is 2.35. The maximum absolute atomic E-state index is 12.9. The molecule has 32 heavy (non-hydrogen) atoms. The molecule has 0 aromatic carbocycles. The van der Waals surface area contributed by atoms with Crippen LogP contribution in [0.4, 0.5) is 13.2 Å². The van der Waals surface area contributed by atoms with Gasteiger partial charge in [-0.2, -0.15) is 13.2 Å². The van der Waals surface area contributed by atoms with Crippen LogP contribution in [0.3, 0.4) is 0 Å². The molecule has 1 aromatic rings. The van der Waals surface area contributed by atoms with Crippen molar-refractivity contribution in [3.63, 3.8) is 0 Å². The molecule has 180 valence electrons. The number of ether oxygens (including phenoxy) is 1. The van der Waals surface area contributed by atoms with Crippen molar-refractivity contribution in [2.75, 3.05) is 59.5 Å². The molecule has 3 saturated heterocycles. The van der Waals surface area contributed by atoms with Crippen LogP contribution in [-0.2, 0) is 16.6 Å². The van der Waals surface area contributed by atoms with Crippen LogP contribution in [-0.4, -0.2) is 108 Å². The molecule has 3 aliphatic rings.